The van der Waals surface area contributed by atoms with Gasteiger partial charge in [0.25, 0.3) is 0 Å². The lowest BCUT2D eigenvalue weighted by Gasteiger charge is -2.09. The van der Waals surface area contributed by atoms with Gasteiger partial charge in [-0.3, -0.25) is 0 Å². The van der Waals surface area contributed by atoms with E-state index in [1.54, 1.807) is 6.07 Å². The summed E-state index contributed by atoms with van der Waals surface area (Å²) < 4.78 is 13.1. The second kappa shape index (κ2) is 3.70. The molecule has 1 aliphatic rings. The summed E-state index contributed by atoms with van der Waals surface area (Å²) in [6.45, 7) is 0. The first-order chi connectivity index (χ1) is 6.72. The van der Waals surface area contributed by atoms with Crippen LogP contribution in [0.15, 0.2) is 18.2 Å². The topological polar surface area (TPSA) is 17.1 Å². The molecule has 0 aliphatic heterocycles. The first kappa shape index (κ1) is 9.66. The van der Waals surface area contributed by atoms with Gasteiger partial charge < -0.3 is 4.79 Å². The summed E-state index contributed by atoms with van der Waals surface area (Å²) in [4.78, 5) is 10.8. The molecule has 0 amide bonds. The highest BCUT2D eigenvalue weighted by Gasteiger charge is 2.32. The Labute approximate surface area is 86.9 Å². The molecule has 0 heterocycles. The quantitative estimate of drug-likeness (QED) is 0.704. The monoisotopic (exact) mass is 212 g/mol. The second-order valence-corrected chi connectivity index (χ2v) is 4.08. The van der Waals surface area contributed by atoms with Gasteiger partial charge in [0.15, 0.2) is 0 Å². The third kappa shape index (κ3) is 1.80. The molecule has 1 aliphatic carbocycles. The summed E-state index contributed by atoms with van der Waals surface area (Å²) in [5, 5.41) is 0.106. The largest absolute Gasteiger partial charge is 0.303 e. The van der Waals surface area contributed by atoms with E-state index in [1.807, 2.05) is 0 Å². The average molecular weight is 213 g/mol. The van der Waals surface area contributed by atoms with E-state index in [9.17, 15) is 9.18 Å². The van der Waals surface area contributed by atoms with E-state index in [4.69, 9.17) is 11.6 Å². The fraction of sp³-hybridized carbons (Fsp3) is 0.364. The van der Waals surface area contributed by atoms with Crippen LogP contribution in [0.5, 0.6) is 0 Å². The van der Waals surface area contributed by atoms with Crippen molar-refractivity contribution in [3.8, 4) is 0 Å². The fourth-order valence-electron chi connectivity index (χ4n) is 1.64. The number of hydrogen-bond acceptors (Lipinski definition) is 1. The van der Waals surface area contributed by atoms with Crippen molar-refractivity contribution in [2.45, 2.75) is 18.8 Å². The lowest BCUT2D eigenvalue weighted by Crippen LogP contribution is -2.02. The van der Waals surface area contributed by atoms with Gasteiger partial charge >= 0.3 is 0 Å². The maximum absolute atomic E-state index is 13.1. The molecule has 14 heavy (non-hydrogen) atoms. The average Bonchev–Trinajstić information content (AvgIpc) is 2.96. The smallest absolute Gasteiger partial charge is 0.142 e. The molecule has 0 radical (unpaired) electrons. The van der Waals surface area contributed by atoms with Crippen LogP contribution < -0.4 is 0 Å². The zero-order valence-electron chi connectivity index (χ0n) is 7.54. The number of rotatable bonds is 3. The standard InChI is InChI=1S/C11H10ClFO/c12-10-4-3-8(5-11(10)13)9(6-14)7-1-2-7/h3-7,9H,1-2H2. The van der Waals surface area contributed by atoms with Gasteiger partial charge in [0.1, 0.15) is 12.1 Å². The van der Waals surface area contributed by atoms with Crippen molar-refractivity contribution in [1.29, 1.82) is 0 Å². The number of carbonyl (C=O) groups excluding carboxylic acids is 1. The zero-order chi connectivity index (χ0) is 10.1. The number of halogens is 2. The summed E-state index contributed by atoms with van der Waals surface area (Å²) in [5.41, 5.74) is 0.740. The van der Waals surface area contributed by atoms with Gasteiger partial charge in [-0.2, -0.15) is 0 Å². The molecule has 3 heteroatoms. The van der Waals surface area contributed by atoms with Crippen molar-refractivity contribution in [3.63, 3.8) is 0 Å². The van der Waals surface area contributed by atoms with E-state index in [0.29, 0.717) is 5.92 Å². The molecule has 1 nitrogen and oxygen atoms in total. The van der Waals surface area contributed by atoms with Crippen molar-refractivity contribution in [3.05, 3.63) is 34.6 Å². The van der Waals surface area contributed by atoms with Gasteiger partial charge in [0.05, 0.1) is 5.02 Å². The highest BCUT2D eigenvalue weighted by Crippen LogP contribution is 2.41. The molecule has 1 aromatic rings. The summed E-state index contributed by atoms with van der Waals surface area (Å²) in [6.07, 6.45) is 3.03. The number of benzene rings is 1. The molecule has 0 saturated heterocycles. The molecule has 1 unspecified atom stereocenters. The van der Waals surface area contributed by atoms with Crippen LogP contribution in [0.3, 0.4) is 0 Å². The van der Waals surface area contributed by atoms with Gasteiger partial charge in [-0.15, -0.1) is 0 Å². The minimum Gasteiger partial charge on any atom is -0.303 e. The molecule has 0 N–H and O–H groups in total. The highest BCUT2D eigenvalue weighted by atomic mass is 35.5. The third-order valence-electron chi connectivity index (χ3n) is 2.61. The SMILES string of the molecule is O=CC(c1ccc(Cl)c(F)c1)C1CC1. The van der Waals surface area contributed by atoms with Crippen LogP contribution >= 0.6 is 11.6 Å². The van der Waals surface area contributed by atoms with Crippen LogP contribution in [0, 0.1) is 11.7 Å². The second-order valence-electron chi connectivity index (χ2n) is 3.67. The predicted octanol–water partition coefficient (Wildman–Crippen LogP) is 3.17. The molecular formula is C11H10ClFO. The Morgan fingerprint density at radius 1 is 1.50 bits per heavy atom. The van der Waals surface area contributed by atoms with Crippen molar-refractivity contribution in [2.75, 3.05) is 0 Å². The number of aldehydes is 1. The minimum atomic E-state index is -0.448. The lowest BCUT2D eigenvalue weighted by atomic mass is 9.96. The maximum Gasteiger partial charge on any atom is 0.142 e. The number of carbonyl (C=O) groups is 1. The fourth-order valence-corrected chi connectivity index (χ4v) is 1.75. The number of hydrogen-bond donors (Lipinski definition) is 0. The lowest BCUT2D eigenvalue weighted by molar-refractivity contribution is -0.109. The molecule has 1 atom stereocenters. The van der Waals surface area contributed by atoms with Crippen LogP contribution in [-0.4, -0.2) is 6.29 Å². The molecule has 1 saturated carbocycles. The van der Waals surface area contributed by atoms with Gasteiger partial charge in [0, 0.05) is 5.92 Å². The van der Waals surface area contributed by atoms with E-state index < -0.39 is 5.82 Å². The summed E-state index contributed by atoms with van der Waals surface area (Å²) in [6, 6.07) is 4.59. The Balaban J connectivity index is 2.29. The highest BCUT2D eigenvalue weighted by molar-refractivity contribution is 6.30. The van der Waals surface area contributed by atoms with Gasteiger partial charge in [-0.05, 0) is 36.5 Å². The Bertz CT molecular complexity index is 360. The van der Waals surface area contributed by atoms with Crippen molar-refractivity contribution >= 4 is 17.9 Å². The third-order valence-corrected chi connectivity index (χ3v) is 2.91. The predicted molar refractivity (Wildman–Crippen MR) is 52.9 cm³/mol. The molecule has 1 fully saturated rings. The van der Waals surface area contributed by atoms with Gasteiger partial charge in [-0.25, -0.2) is 4.39 Å². The Morgan fingerprint density at radius 2 is 2.21 bits per heavy atom. The molecule has 0 spiro atoms. The van der Waals surface area contributed by atoms with E-state index in [1.165, 1.54) is 12.1 Å². The zero-order valence-corrected chi connectivity index (χ0v) is 8.30. The van der Waals surface area contributed by atoms with Crippen LogP contribution in [-0.2, 0) is 4.79 Å². The first-order valence-electron chi connectivity index (χ1n) is 4.62. The minimum absolute atomic E-state index is 0.106. The van der Waals surface area contributed by atoms with E-state index in [-0.39, 0.29) is 10.9 Å². The molecule has 74 valence electrons. The molecule has 0 aromatic heterocycles. The van der Waals surface area contributed by atoms with Crippen molar-refractivity contribution in [1.82, 2.24) is 0 Å². The Hall–Kier alpha value is -0.890. The van der Waals surface area contributed by atoms with Crippen LogP contribution in [0.4, 0.5) is 4.39 Å². The van der Waals surface area contributed by atoms with Gasteiger partial charge in [0.2, 0.25) is 0 Å². The molecule has 1 aromatic carbocycles. The van der Waals surface area contributed by atoms with Crippen molar-refractivity contribution < 1.29 is 9.18 Å². The molecule has 0 bridgehead atoms. The summed E-state index contributed by atoms with van der Waals surface area (Å²) in [5.74, 6) is -0.188. The summed E-state index contributed by atoms with van der Waals surface area (Å²) in [7, 11) is 0. The van der Waals surface area contributed by atoms with Crippen LogP contribution in [0.1, 0.15) is 24.3 Å². The van der Waals surface area contributed by atoms with Crippen LogP contribution in [0.25, 0.3) is 0 Å². The van der Waals surface area contributed by atoms with Crippen molar-refractivity contribution in [2.24, 2.45) is 5.92 Å². The van der Waals surface area contributed by atoms with Crippen LogP contribution in [0.2, 0.25) is 5.02 Å². The molecule has 2 rings (SSSR count). The van der Waals surface area contributed by atoms with E-state index >= 15 is 0 Å². The van der Waals surface area contributed by atoms with E-state index in [0.717, 1.165) is 24.7 Å². The Morgan fingerprint density at radius 3 is 2.71 bits per heavy atom. The normalized spacial score (nSPS) is 17.9. The van der Waals surface area contributed by atoms with E-state index in [2.05, 4.69) is 0 Å². The summed E-state index contributed by atoms with van der Waals surface area (Å²) >= 11 is 5.56. The Kier molecular flexibility index (Phi) is 2.55. The molecular weight excluding hydrogens is 203 g/mol. The maximum atomic E-state index is 13.1. The van der Waals surface area contributed by atoms with Gasteiger partial charge in [-0.1, -0.05) is 17.7 Å². The first-order valence-corrected chi connectivity index (χ1v) is 5.00.